The van der Waals surface area contributed by atoms with Gasteiger partial charge in [0.15, 0.2) is 0 Å². The maximum atomic E-state index is 12.4. The molecule has 1 unspecified atom stereocenters. The summed E-state index contributed by atoms with van der Waals surface area (Å²) in [5.74, 6) is -0.150. The SMILES string of the molecule is CC1(CC(F)(F)F)OCc2cnc(C#N)nc21. The average molecular weight is 243 g/mol. The first kappa shape index (κ1) is 11.8. The Labute approximate surface area is 95.1 Å². The highest BCUT2D eigenvalue weighted by molar-refractivity contribution is 5.29. The molecule has 0 bridgehead atoms. The molecule has 0 N–H and O–H groups in total. The van der Waals surface area contributed by atoms with Crippen LogP contribution in [-0.2, 0) is 16.9 Å². The van der Waals surface area contributed by atoms with E-state index in [1.807, 2.05) is 0 Å². The molecule has 7 heteroatoms. The van der Waals surface area contributed by atoms with E-state index in [1.54, 1.807) is 6.07 Å². The lowest BCUT2D eigenvalue weighted by atomic mass is 9.96. The van der Waals surface area contributed by atoms with Crippen LogP contribution in [-0.4, -0.2) is 16.1 Å². The van der Waals surface area contributed by atoms with E-state index >= 15 is 0 Å². The summed E-state index contributed by atoms with van der Waals surface area (Å²) in [6.07, 6.45) is -4.15. The molecule has 0 saturated heterocycles. The number of hydrogen-bond acceptors (Lipinski definition) is 4. The Morgan fingerprint density at radius 1 is 1.59 bits per heavy atom. The number of nitrogens with zero attached hydrogens (tertiary/aromatic N) is 3. The molecule has 90 valence electrons. The fourth-order valence-electron chi connectivity index (χ4n) is 1.85. The van der Waals surface area contributed by atoms with Gasteiger partial charge in [0.25, 0.3) is 0 Å². The van der Waals surface area contributed by atoms with Crippen molar-refractivity contribution in [1.29, 1.82) is 5.26 Å². The average Bonchev–Trinajstić information content (AvgIpc) is 2.53. The molecule has 2 rings (SSSR count). The van der Waals surface area contributed by atoms with Crippen molar-refractivity contribution in [2.24, 2.45) is 0 Å². The molecule has 2 heterocycles. The fraction of sp³-hybridized carbons (Fsp3) is 0.500. The van der Waals surface area contributed by atoms with Crippen molar-refractivity contribution in [3.8, 4) is 6.07 Å². The van der Waals surface area contributed by atoms with Crippen molar-refractivity contribution in [1.82, 2.24) is 9.97 Å². The van der Waals surface area contributed by atoms with Crippen LogP contribution < -0.4 is 0 Å². The topological polar surface area (TPSA) is 58.8 Å². The normalized spacial score (nSPS) is 23.2. The van der Waals surface area contributed by atoms with Crippen molar-refractivity contribution < 1.29 is 17.9 Å². The number of halogens is 3. The lowest BCUT2D eigenvalue weighted by Gasteiger charge is -2.24. The molecule has 1 aliphatic rings. The van der Waals surface area contributed by atoms with Crippen molar-refractivity contribution in [2.45, 2.75) is 31.7 Å². The van der Waals surface area contributed by atoms with Crippen molar-refractivity contribution >= 4 is 0 Å². The minimum absolute atomic E-state index is 0.0353. The van der Waals surface area contributed by atoms with Gasteiger partial charge in [0.1, 0.15) is 11.7 Å². The highest BCUT2D eigenvalue weighted by Gasteiger charge is 2.46. The molecule has 0 aromatic carbocycles. The van der Waals surface area contributed by atoms with Crippen molar-refractivity contribution in [3.63, 3.8) is 0 Å². The zero-order valence-corrected chi connectivity index (χ0v) is 8.88. The van der Waals surface area contributed by atoms with Crippen LogP contribution >= 0.6 is 0 Å². The van der Waals surface area contributed by atoms with Gasteiger partial charge in [-0.15, -0.1) is 0 Å². The first-order chi connectivity index (χ1) is 7.84. The van der Waals surface area contributed by atoms with Crippen molar-refractivity contribution in [3.05, 3.63) is 23.3 Å². The van der Waals surface area contributed by atoms with Gasteiger partial charge >= 0.3 is 6.18 Å². The van der Waals surface area contributed by atoms with Crippen LogP contribution in [0.2, 0.25) is 0 Å². The third-order valence-electron chi connectivity index (χ3n) is 2.55. The van der Waals surface area contributed by atoms with Gasteiger partial charge in [-0.05, 0) is 6.92 Å². The summed E-state index contributed by atoms with van der Waals surface area (Å²) in [5, 5.41) is 8.63. The van der Waals surface area contributed by atoms with E-state index < -0.39 is 18.2 Å². The van der Waals surface area contributed by atoms with Crippen LogP contribution in [0.4, 0.5) is 13.2 Å². The Hall–Kier alpha value is -1.68. The lowest BCUT2D eigenvalue weighted by Crippen LogP contribution is -2.29. The molecule has 0 spiro atoms. The van der Waals surface area contributed by atoms with Gasteiger partial charge in [-0.3, -0.25) is 0 Å². The summed E-state index contributed by atoms with van der Waals surface area (Å²) >= 11 is 0. The Morgan fingerprint density at radius 3 is 2.88 bits per heavy atom. The molecule has 0 fully saturated rings. The van der Waals surface area contributed by atoms with Gasteiger partial charge < -0.3 is 4.74 Å². The Bertz CT molecular complexity index is 495. The molecule has 1 aromatic heterocycles. The number of fused-ring (bicyclic) bond motifs is 1. The maximum absolute atomic E-state index is 12.4. The van der Waals surface area contributed by atoms with E-state index in [-0.39, 0.29) is 18.1 Å². The molecule has 0 aliphatic carbocycles. The maximum Gasteiger partial charge on any atom is 0.392 e. The van der Waals surface area contributed by atoms with Crippen LogP contribution in [0.25, 0.3) is 0 Å². The van der Waals surface area contributed by atoms with Gasteiger partial charge in [0.2, 0.25) is 5.82 Å². The Morgan fingerprint density at radius 2 is 2.29 bits per heavy atom. The minimum Gasteiger partial charge on any atom is -0.364 e. The van der Waals surface area contributed by atoms with Crippen LogP contribution in [0.1, 0.15) is 30.4 Å². The smallest absolute Gasteiger partial charge is 0.364 e. The zero-order valence-electron chi connectivity index (χ0n) is 8.88. The van der Waals surface area contributed by atoms with Gasteiger partial charge in [0, 0.05) is 11.8 Å². The van der Waals surface area contributed by atoms with E-state index in [1.165, 1.54) is 13.1 Å². The zero-order chi connectivity index (χ0) is 12.7. The monoisotopic (exact) mass is 243 g/mol. The van der Waals surface area contributed by atoms with Crippen LogP contribution in [0.5, 0.6) is 0 Å². The van der Waals surface area contributed by atoms with Gasteiger partial charge in [0.05, 0.1) is 18.7 Å². The number of alkyl halides is 3. The molecule has 0 amide bonds. The summed E-state index contributed by atoms with van der Waals surface area (Å²) in [6, 6.07) is 1.70. The number of nitriles is 1. The van der Waals surface area contributed by atoms with E-state index in [0.29, 0.717) is 5.56 Å². The molecule has 0 saturated carbocycles. The first-order valence-electron chi connectivity index (χ1n) is 4.81. The second kappa shape index (κ2) is 3.67. The number of rotatable bonds is 1. The van der Waals surface area contributed by atoms with Crippen LogP contribution in [0, 0.1) is 11.3 Å². The number of aromatic nitrogens is 2. The predicted octanol–water partition coefficient (Wildman–Crippen LogP) is 2.05. The van der Waals surface area contributed by atoms with E-state index in [2.05, 4.69) is 9.97 Å². The van der Waals surface area contributed by atoms with E-state index in [0.717, 1.165) is 0 Å². The third-order valence-corrected chi connectivity index (χ3v) is 2.55. The van der Waals surface area contributed by atoms with Gasteiger partial charge in [-0.2, -0.15) is 18.4 Å². The highest BCUT2D eigenvalue weighted by Crippen LogP contribution is 2.42. The van der Waals surface area contributed by atoms with E-state index in [9.17, 15) is 13.2 Å². The standard InChI is InChI=1S/C10H8F3N3O/c1-9(5-10(11,12)13)8-6(4-17-9)3-15-7(2-14)16-8/h3H,4-5H2,1H3. The van der Waals surface area contributed by atoms with Crippen LogP contribution in [0.15, 0.2) is 6.20 Å². The Kier molecular flexibility index (Phi) is 2.54. The lowest BCUT2D eigenvalue weighted by molar-refractivity contribution is -0.185. The van der Waals surface area contributed by atoms with Gasteiger partial charge in [-0.25, -0.2) is 9.97 Å². The molecular formula is C10H8F3N3O. The van der Waals surface area contributed by atoms with Crippen LogP contribution in [0.3, 0.4) is 0 Å². The summed E-state index contributed by atoms with van der Waals surface area (Å²) in [6.45, 7) is 1.36. The summed E-state index contributed by atoms with van der Waals surface area (Å²) in [5.41, 5.74) is -0.876. The summed E-state index contributed by atoms with van der Waals surface area (Å²) < 4.78 is 42.5. The summed E-state index contributed by atoms with van der Waals surface area (Å²) in [4.78, 5) is 7.51. The third kappa shape index (κ3) is 2.22. The van der Waals surface area contributed by atoms with Crippen molar-refractivity contribution in [2.75, 3.05) is 0 Å². The molecule has 1 aliphatic heterocycles. The molecular weight excluding hydrogens is 235 g/mol. The van der Waals surface area contributed by atoms with Gasteiger partial charge in [-0.1, -0.05) is 0 Å². The predicted molar refractivity (Wildman–Crippen MR) is 49.6 cm³/mol. The minimum atomic E-state index is -4.35. The quantitative estimate of drug-likeness (QED) is 0.757. The molecule has 1 atom stereocenters. The second-order valence-electron chi connectivity index (χ2n) is 3.99. The first-order valence-corrected chi connectivity index (χ1v) is 4.81. The number of ether oxygens (including phenoxy) is 1. The molecule has 4 nitrogen and oxygen atoms in total. The molecule has 17 heavy (non-hydrogen) atoms. The van der Waals surface area contributed by atoms with E-state index in [4.69, 9.17) is 10.00 Å². The molecule has 1 aromatic rings. The molecule has 0 radical (unpaired) electrons. The summed E-state index contributed by atoms with van der Waals surface area (Å²) in [7, 11) is 0. The largest absolute Gasteiger partial charge is 0.392 e. The number of hydrogen-bond donors (Lipinski definition) is 0. The fourth-order valence-corrected chi connectivity index (χ4v) is 1.85. The highest BCUT2D eigenvalue weighted by atomic mass is 19.4. The Balaban J connectivity index is 2.41. The second-order valence-corrected chi connectivity index (χ2v) is 3.99.